The fourth-order valence-electron chi connectivity index (χ4n) is 2.08. The van der Waals surface area contributed by atoms with Crippen molar-refractivity contribution in [3.05, 3.63) is 23.8 Å². The molecule has 1 fully saturated rings. The average molecular weight is 234 g/mol. The van der Waals surface area contributed by atoms with E-state index in [9.17, 15) is 4.79 Å². The van der Waals surface area contributed by atoms with Crippen molar-refractivity contribution in [3.8, 4) is 11.5 Å². The van der Waals surface area contributed by atoms with E-state index < -0.39 is 0 Å². The predicted molar refractivity (Wildman–Crippen MR) is 61.3 cm³/mol. The first-order valence-electron chi connectivity index (χ1n) is 5.74. The lowest BCUT2D eigenvalue weighted by Crippen LogP contribution is -2.36. The van der Waals surface area contributed by atoms with Gasteiger partial charge in [0.25, 0.3) is 5.91 Å². The van der Waals surface area contributed by atoms with E-state index in [-0.39, 0.29) is 18.7 Å². The molecule has 1 aromatic rings. The number of hydrogen-bond donors (Lipinski definition) is 2. The zero-order valence-electron chi connectivity index (χ0n) is 9.36. The standard InChI is InChI=1S/C12H14N2O3/c15-12(14-9-3-4-13-6-9)8-1-2-10-11(5-8)17-7-16-10/h1-2,5,9,13H,3-4,6-7H2,(H,14,15)/t9-/m1/s1. The predicted octanol–water partition coefficient (Wildman–Crippen LogP) is 0.507. The van der Waals surface area contributed by atoms with Gasteiger partial charge in [0.15, 0.2) is 11.5 Å². The lowest BCUT2D eigenvalue weighted by Gasteiger charge is -2.11. The second-order valence-corrected chi connectivity index (χ2v) is 4.23. The summed E-state index contributed by atoms with van der Waals surface area (Å²) in [5, 5.41) is 6.20. The van der Waals surface area contributed by atoms with Crippen LogP contribution in [0.15, 0.2) is 18.2 Å². The summed E-state index contributed by atoms with van der Waals surface area (Å²) in [5.74, 6) is 1.28. The van der Waals surface area contributed by atoms with E-state index in [0.29, 0.717) is 17.1 Å². The van der Waals surface area contributed by atoms with Gasteiger partial charge >= 0.3 is 0 Å². The fraction of sp³-hybridized carbons (Fsp3) is 0.417. The summed E-state index contributed by atoms with van der Waals surface area (Å²) in [6, 6.07) is 5.48. The Kier molecular flexibility index (Phi) is 2.60. The van der Waals surface area contributed by atoms with Gasteiger partial charge in [-0.15, -0.1) is 0 Å². The van der Waals surface area contributed by atoms with Crippen molar-refractivity contribution in [3.63, 3.8) is 0 Å². The van der Waals surface area contributed by atoms with E-state index in [0.717, 1.165) is 19.5 Å². The van der Waals surface area contributed by atoms with Crippen molar-refractivity contribution in [2.75, 3.05) is 19.9 Å². The van der Waals surface area contributed by atoms with Crippen molar-refractivity contribution >= 4 is 5.91 Å². The zero-order chi connectivity index (χ0) is 11.7. The van der Waals surface area contributed by atoms with Crippen LogP contribution in [-0.2, 0) is 0 Å². The number of ether oxygens (including phenoxy) is 2. The lowest BCUT2D eigenvalue weighted by molar-refractivity contribution is 0.0939. The number of carbonyl (C=O) groups is 1. The summed E-state index contributed by atoms with van der Waals surface area (Å²) >= 11 is 0. The Morgan fingerprint density at radius 1 is 1.35 bits per heavy atom. The van der Waals surface area contributed by atoms with Gasteiger partial charge in [-0.3, -0.25) is 4.79 Å². The Bertz CT molecular complexity index is 441. The van der Waals surface area contributed by atoms with Gasteiger partial charge in [-0.2, -0.15) is 0 Å². The molecule has 5 heteroatoms. The molecule has 2 N–H and O–H groups in total. The zero-order valence-corrected chi connectivity index (χ0v) is 9.36. The first kappa shape index (κ1) is 10.4. The third-order valence-corrected chi connectivity index (χ3v) is 3.03. The van der Waals surface area contributed by atoms with E-state index >= 15 is 0 Å². The molecule has 0 unspecified atom stereocenters. The van der Waals surface area contributed by atoms with Crippen LogP contribution in [-0.4, -0.2) is 31.8 Å². The van der Waals surface area contributed by atoms with Gasteiger partial charge in [-0.25, -0.2) is 0 Å². The Balaban J connectivity index is 1.72. The minimum absolute atomic E-state index is 0.0583. The fourth-order valence-corrected chi connectivity index (χ4v) is 2.08. The van der Waals surface area contributed by atoms with Gasteiger partial charge in [-0.1, -0.05) is 0 Å². The van der Waals surface area contributed by atoms with E-state index in [2.05, 4.69) is 10.6 Å². The van der Waals surface area contributed by atoms with Gasteiger partial charge in [0.05, 0.1) is 0 Å². The van der Waals surface area contributed by atoms with Crippen molar-refractivity contribution in [2.24, 2.45) is 0 Å². The molecule has 2 heterocycles. The van der Waals surface area contributed by atoms with Crippen molar-refractivity contribution in [1.29, 1.82) is 0 Å². The maximum absolute atomic E-state index is 12.0. The number of carbonyl (C=O) groups excluding carboxylic acids is 1. The molecule has 2 aliphatic rings. The minimum atomic E-state index is -0.0583. The molecule has 1 aromatic carbocycles. The molecule has 0 aliphatic carbocycles. The van der Waals surface area contributed by atoms with Crippen LogP contribution in [0.5, 0.6) is 11.5 Å². The molecule has 5 nitrogen and oxygen atoms in total. The van der Waals surface area contributed by atoms with E-state index in [1.807, 2.05) is 0 Å². The van der Waals surface area contributed by atoms with E-state index in [4.69, 9.17) is 9.47 Å². The van der Waals surface area contributed by atoms with E-state index in [1.54, 1.807) is 18.2 Å². The van der Waals surface area contributed by atoms with Crippen molar-refractivity contribution < 1.29 is 14.3 Å². The largest absolute Gasteiger partial charge is 0.454 e. The molecule has 3 rings (SSSR count). The topological polar surface area (TPSA) is 59.6 Å². The molecule has 17 heavy (non-hydrogen) atoms. The summed E-state index contributed by atoms with van der Waals surface area (Å²) < 4.78 is 10.4. The summed E-state index contributed by atoms with van der Waals surface area (Å²) in [4.78, 5) is 12.0. The monoisotopic (exact) mass is 234 g/mol. The number of benzene rings is 1. The highest BCUT2D eigenvalue weighted by Crippen LogP contribution is 2.32. The molecule has 2 aliphatic heterocycles. The van der Waals surface area contributed by atoms with Crippen LogP contribution >= 0.6 is 0 Å². The summed E-state index contributed by atoms with van der Waals surface area (Å²) in [6.45, 7) is 2.04. The summed E-state index contributed by atoms with van der Waals surface area (Å²) in [7, 11) is 0. The molecule has 90 valence electrons. The first-order valence-corrected chi connectivity index (χ1v) is 5.74. The van der Waals surface area contributed by atoms with Crippen LogP contribution < -0.4 is 20.1 Å². The van der Waals surface area contributed by atoms with Gasteiger partial charge in [-0.05, 0) is 31.2 Å². The maximum atomic E-state index is 12.0. The highest BCUT2D eigenvalue weighted by atomic mass is 16.7. The summed E-state index contributed by atoms with van der Waals surface area (Å²) in [5.41, 5.74) is 0.612. The molecule has 0 radical (unpaired) electrons. The van der Waals surface area contributed by atoms with Crippen LogP contribution in [0, 0.1) is 0 Å². The molecular weight excluding hydrogens is 220 g/mol. The van der Waals surface area contributed by atoms with Crippen LogP contribution in [0.25, 0.3) is 0 Å². The Labute approximate surface area is 99.1 Å². The Morgan fingerprint density at radius 2 is 2.24 bits per heavy atom. The number of fused-ring (bicyclic) bond motifs is 1. The van der Waals surface area contributed by atoms with Crippen molar-refractivity contribution in [1.82, 2.24) is 10.6 Å². The van der Waals surface area contributed by atoms with Gasteiger partial charge < -0.3 is 20.1 Å². The number of hydrogen-bond acceptors (Lipinski definition) is 4. The second-order valence-electron chi connectivity index (χ2n) is 4.23. The van der Waals surface area contributed by atoms with E-state index in [1.165, 1.54) is 0 Å². The molecule has 0 saturated carbocycles. The maximum Gasteiger partial charge on any atom is 0.251 e. The number of nitrogens with one attached hydrogen (secondary N) is 2. The molecule has 1 saturated heterocycles. The van der Waals surface area contributed by atoms with Crippen LogP contribution in [0.1, 0.15) is 16.8 Å². The van der Waals surface area contributed by atoms with Crippen LogP contribution in [0.3, 0.4) is 0 Å². The molecule has 1 amide bonds. The highest BCUT2D eigenvalue weighted by Gasteiger charge is 2.20. The normalized spacial score (nSPS) is 21.5. The highest BCUT2D eigenvalue weighted by molar-refractivity contribution is 5.95. The quantitative estimate of drug-likeness (QED) is 0.782. The van der Waals surface area contributed by atoms with Gasteiger partial charge in [0.2, 0.25) is 6.79 Å². The molecular formula is C12H14N2O3. The van der Waals surface area contributed by atoms with Crippen molar-refractivity contribution in [2.45, 2.75) is 12.5 Å². The summed E-state index contributed by atoms with van der Waals surface area (Å²) in [6.07, 6.45) is 0.982. The Morgan fingerprint density at radius 3 is 3.06 bits per heavy atom. The number of rotatable bonds is 2. The average Bonchev–Trinajstić information content (AvgIpc) is 2.97. The smallest absolute Gasteiger partial charge is 0.251 e. The third kappa shape index (κ3) is 2.06. The molecule has 1 atom stereocenters. The minimum Gasteiger partial charge on any atom is -0.454 e. The van der Waals surface area contributed by atoms with Crippen LogP contribution in [0.2, 0.25) is 0 Å². The second kappa shape index (κ2) is 4.25. The molecule has 0 aromatic heterocycles. The SMILES string of the molecule is O=C(N[C@@H]1CCNC1)c1ccc2c(c1)OCO2. The third-order valence-electron chi connectivity index (χ3n) is 3.03. The lowest BCUT2D eigenvalue weighted by atomic mass is 10.1. The van der Waals surface area contributed by atoms with Crippen LogP contribution in [0.4, 0.5) is 0 Å². The molecule has 0 bridgehead atoms. The van der Waals surface area contributed by atoms with Gasteiger partial charge in [0, 0.05) is 18.2 Å². The Hall–Kier alpha value is -1.75. The first-order chi connectivity index (χ1) is 8.33. The van der Waals surface area contributed by atoms with Gasteiger partial charge in [0.1, 0.15) is 0 Å². The number of amides is 1. The molecule has 0 spiro atoms.